The van der Waals surface area contributed by atoms with Crippen LogP contribution in [0, 0.1) is 5.92 Å². The summed E-state index contributed by atoms with van der Waals surface area (Å²) < 4.78 is 0. The zero-order valence-corrected chi connectivity index (χ0v) is 19.5. The monoisotopic (exact) mass is 455 g/mol. The Hall–Kier alpha value is -3.74. The minimum absolute atomic E-state index is 0.00818. The third kappa shape index (κ3) is 4.25. The highest BCUT2D eigenvalue weighted by molar-refractivity contribution is 6.24. The maximum atomic E-state index is 13.1. The number of amides is 1. The average molecular weight is 456 g/mol. The zero-order chi connectivity index (χ0) is 23.7. The van der Waals surface area contributed by atoms with Gasteiger partial charge in [-0.05, 0) is 49.3 Å². The summed E-state index contributed by atoms with van der Waals surface area (Å²) in [6, 6.07) is 15.2. The van der Waals surface area contributed by atoms with Gasteiger partial charge in [-0.2, -0.15) is 4.98 Å². The summed E-state index contributed by atoms with van der Waals surface area (Å²) in [5, 5.41) is 6.59. The summed E-state index contributed by atoms with van der Waals surface area (Å²) in [6.45, 7) is 0.636. The van der Waals surface area contributed by atoms with Crippen LogP contribution in [0.1, 0.15) is 52.0 Å². The average Bonchev–Trinajstić information content (AvgIpc) is 3.16. The van der Waals surface area contributed by atoms with Gasteiger partial charge in [0.15, 0.2) is 5.78 Å². The van der Waals surface area contributed by atoms with E-state index in [4.69, 9.17) is 0 Å². The highest BCUT2D eigenvalue weighted by atomic mass is 16.1. The van der Waals surface area contributed by atoms with Gasteiger partial charge in [0, 0.05) is 55.1 Å². The first-order chi connectivity index (χ1) is 16.5. The normalized spacial score (nSPS) is 18.7. The van der Waals surface area contributed by atoms with Crippen molar-refractivity contribution in [1.29, 1.82) is 0 Å². The van der Waals surface area contributed by atoms with Crippen LogP contribution in [0.5, 0.6) is 0 Å². The van der Waals surface area contributed by atoms with E-state index in [0.29, 0.717) is 41.1 Å². The molecule has 2 aromatic carbocycles. The van der Waals surface area contributed by atoms with Crippen LogP contribution in [0.2, 0.25) is 0 Å². The van der Waals surface area contributed by atoms with E-state index < -0.39 is 0 Å². The lowest BCUT2D eigenvalue weighted by Gasteiger charge is -2.29. The Bertz CT molecular complexity index is 1230. The molecule has 1 saturated carbocycles. The summed E-state index contributed by atoms with van der Waals surface area (Å²) in [4.78, 5) is 36.7. The number of nitrogens with one attached hydrogen (secondary N) is 2. The van der Waals surface area contributed by atoms with Crippen LogP contribution < -0.4 is 15.5 Å². The van der Waals surface area contributed by atoms with Crippen molar-refractivity contribution in [3.05, 3.63) is 71.4 Å². The predicted molar refractivity (Wildman–Crippen MR) is 133 cm³/mol. The van der Waals surface area contributed by atoms with Crippen LogP contribution in [0.4, 0.5) is 11.8 Å². The molecule has 2 aliphatic carbocycles. The lowest BCUT2D eigenvalue weighted by Crippen LogP contribution is -2.34. The molecule has 0 saturated heterocycles. The lowest BCUT2D eigenvalue weighted by atomic mass is 9.86. The Kier molecular flexibility index (Phi) is 6.01. The van der Waals surface area contributed by atoms with Crippen LogP contribution in [0.15, 0.2) is 54.7 Å². The molecule has 7 nitrogen and oxygen atoms in total. The summed E-state index contributed by atoms with van der Waals surface area (Å²) in [5.74, 6) is 1.85. The molecule has 174 valence electrons. The van der Waals surface area contributed by atoms with Gasteiger partial charge < -0.3 is 15.5 Å². The molecule has 0 atom stereocenters. The Balaban J connectivity index is 1.18. The van der Waals surface area contributed by atoms with Gasteiger partial charge in [0.25, 0.3) is 5.91 Å². The molecule has 0 unspecified atom stereocenters. The van der Waals surface area contributed by atoms with Gasteiger partial charge in [0.1, 0.15) is 5.82 Å². The number of aromatic nitrogens is 2. The number of carbonyl (C=O) groups is 2. The molecule has 1 heterocycles. The summed E-state index contributed by atoms with van der Waals surface area (Å²) in [5.41, 5.74) is 3.46. The molecule has 2 N–H and O–H groups in total. The minimum atomic E-state index is -0.115. The number of nitrogens with zero attached hydrogens (tertiary/aromatic N) is 3. The molecular weight excluding hydrogens is 426 g/mol. The molecule has 0 bridgehead atoms. The highest BCUT2D eigenvalue weighted by Gasteiger charge is 2.30. The quantitative estimate of drug-likeness (QED) is 0.454. The van der Waals surface area contributed by atoms with Gasteiger partial charge in [0.05, 0.1) is 0 Å². The molecule has 3 aromatic rings. The van der Waals surface area contributed by atoms with Crippen LogP contribution in [0.3, 0.4) is 0 Å². The van der Waals surface area contributed by atoms with Crippen LogP contribution in [-0.2, 0) is 0 Å². The largest absolute Gasteiger partial charge is 0.363 e. The first-order valence-corrected chi connectivity index (χ1v) is 11.8. The van der Waals surface area contributed by atoms with E-state index in [-0.39, 0.29) is 11.7 Å². The number of ketones is 1. The molecule has 5 rings (SSSR count). The van der Waals surface area contributed by atoms with E-state index in [1.807, 2.05) is 55.4 Å². The van der Waals surface area contributed by atoms with E-state index >= 15 is 0 Å². The van der Waals surface area contributed by atoms with Crippen molar-refractivity contribution in [3.8, 4) is 11.1 Å². The maximum absolute atomic E-state index is 13.1. The van der Waals surface area contributed by atoms with Crippen LogP contribution >= 0.6 is 0 Å². The SMILES string of the molecule is CN(C)c1ccnc(N[C@H]2CC[C@@H](CNC(=O)c3cccc4c3-c3ccccc3C4=O)CC2)n1. The fourth-order valence-electron chi connectivity index (χ4n) is 4.96. The van der Waals surface area contributed by atoms with Gasteiger partial charge in [0.2, 0.25) is 5.95 Å². The number of hydrogen-bond donors (Lipinski definition) is 2. The minimum Gasteiger partial charge on any atom is -0.363 e. The number of hydrogen-bond acceptors (Lipinski definition) is 6. The Morgan fingerprint density at radius 1 is 0.971 bits per heavy atom. The zero-order valence-electron chi connectivity index (χ0n) is 19.5. The van der Waals surface area contributed by atoms with Crippen molar-refractivity contribution in [2.24, 2.45) is 5.92 Å². The van der Waals surface area contributed by atoms with Crippen molar-refractivity contribution >= 4 is 23.5 Å². The maximum Gasteiger partial charge on any atom is 0.251 e. The highest BCUT2D eigenvalue weighted by Crippen LogP contribution is 2.38. The number of carbonyl (C=O) groups excluding carboxylic acids is 2. The van der Waals surface area contributed by atoms with E-state index in [1.165, 1.54) is 0 Å². The molecular formula is C27H29N5O2. The number of anilines is 2. The van der Waals surface area contributed by atoms with Crippen LogP contribution in [0.25, 0.3) is 11.1 Å². The molecule has 0 radical (unpaired) electrons. The molecule has 7 heteroatoms. The van der Waals surface area contributed by atoms with E-state index in [1.54, 1.807) is 18.3 Å². The van der Waals surface area contributed by atoms with E-state index in [2.05, 4.69) is 20.6 Å². The van der Waals surface area contributed by atoms with Crippen molar-refractivity contribution in [2.75, 3.05) is 30.9 Å². The van der Waals surface area contributed by atoms with E-state index in [9.17, 15) is 9.59 Å². The van der Waals surface area contributed by atoms with Crippen molar-refractivity contribution in [3.63, 3.8) is 0 Å². The van der Waals surface area contributed by atoms with Crippen molar-refractivity contribution in [1.82, 2.24) is 15.3 Å². The summed E-state index contributed by atoms with van der Waals surface area (Å²) in [6.07, 6.45) is 5.86. The smallest absolute Gasteiger partial charge is 0.251 e. The molecule has 1 amide bonds. The predicted octanol–water partition coefficient (Wildman–Crippen LogP) is 4.15. The van der Waals surface area contributed by atoms with Gasteiger partial charge in [-0.3, -0.25) is 9.59 Å². The molecule has 1 aromatic heterocycles. The second-order valence-corrected chi connectivity index (χ2v) is 9.31. The summed E-state index contributed by atoms with van der Waals surface area (Å²) in [7, 11) is 3.93. The van der Waals surface area contributed by atoms with Crippen molar-refractivity contribution < 1.29 is 9.59 Å². The number of benzene rings is 2. The molecule has 0 aliphatic heterocycles. The van der Waals surface area contributed by atoms with Gasteiger partial charge in [-0.15, -0.1) is 0 Å². The standard InChI is InChI=1S/C27H29N5O2/c1-32(2)23-14-15-28-27(31-23)30-18-12-10-17(11-13-18)16-29-26(34)22-9-5-8-21-24(22)19-6-3-4-7-20(19)25(21)33/h3-9,14-15,17-18H,10-13,16H2,1-2H3,(H,29,34)(H,28,30,31)/t17-,18+. The molecule has 1 fully saturated rings. The van der Waals surface area contributed by atoms with Gasteiger partial charge in [-0.25, -0.2) is 4.98 Å². The lowest BCUT2D eigenvalue weighted by molar-refractivity contribution is 0.0944. The first kappa shape index (κ1) is 22.1. The van der Waals surface area contributed by atoms with Crippen molar-refractivity contribution in [2.45, 2.75) is 31.7 Å². The number of rotatable bonds is 6. The van der Waals surface area contributed by atoms with E-state index in [0.717, 1.165) is 42.6 Å². The summed E-state index contributed by atoms with van der Waals surface area (Å²) >= 11 is 0. The fourth-order valence-corrected chi connectivity index (χ4v) is 4.96. The Labute approximate surface area is 199 Å². The molecule has 0 spiro atoms. The first-order valence-electron chi connectivity index (χ1n) is 11.8. The Morgan fingerprint density at radius 3 is 2.47 bits per heavy atom. The molecule has 34 heavy (non-hydrogen) atoms. The third-order valence-electron chi connectivity index (χ3n) is 6.83. The second kappa shape index (κ2) is 9.25. The van der Waals surface area contributed by atoms with Crippen LogP contribution in [-0.4, -0.2) is 48.3 Å². The second-order valence-electron chi connectivity index (χ2n) is 9.31. The topological polar surface area (TPSA) is 87.2 Å². The van der Waals surface area contributed by atoms with Gasteiger partial charge >= 0.3 is 0 Å². The Morgan fingerprint density at radius 2 is 1.71 bits per heavy atom. The number of fused-ring (bicyclic) bond motifs is 3. The third-order valence-corrected chi connectivity index (χ3v) is 6.83. The van der Waals surface area contributed by atoms with Gasteiger partial charge in [-0.1, -0.05) is 36.4 Å². The fraction of sp³-hybridized carbons (Fsp3) is 0.333. The molecule has 2 aliphatic rings.